The van der Waals surface area contributed by atoms with E-state index in [9.17, 15) is 0 Å². The number of allylic oxidation sites excluding steroid dienone is 2. The molecule has 1 unspecified atom stereocenters. The molecule has 0 saturated heterocycles. The minimum Gasteiger partial charge on any atom is -0.103 e. The van der Waals surface area contributed by atoms with Gasteiger partial charge in [0.2, 0.25) is 0 Å². The van der Waals surface area contributed by atoms with Gasteiger partial charge in [-0.1, -0.05) is 39.0 Å². The average molecular weight is 272 g/mol. The van der Waals surface area contributed by atoms with Gasteiger partial charge in [0, 0.05) is 0 Å². The summed E-state index contributed by atoms with van der Waals surface area (Å²) in [5, 5.41) is 0. The van der Waals surface area contributed by atoms with Crippen LogP contribution in [-0.2, 0) is 0 Å². The monoisotopic (exact) mass is 272 g/mol. The molecular weight excluding hydrogens is 240 g/mol. The number of hydrogen-bond donors (Lipinski definition) is 0. The highest BCUT2D eigenvalue weighted by Crippen LogP contribution is 2.66. The third-order valence-electron chi connectivity index (χ3n) is 7.73. The molecule has 0 heteroatoms. The van der Waals surface area contributed by atoms with Crippen molar-refractivity contribution in [1.82, 2.24) is 0 Å². The van der Waals surface area contributed by atoms with Gasteiger partial charge in [-0.25, -0.2) is 0 Å². The maximum atomic E-state index is 4.47. The standard InChI is InChI=1S/C20H32/c1-6-18(3)12-13-20(5)16(14-18)10-11-19(4)15(2)8-7-9-17(19)20/h6,16-17H,1-2,7-14H2,3-5H3/t16-,17?,18-,19-,20-/m1/s1. The van der Waals surface area contributed by atoms with Crippen molar-refractivity contribution in [1.29, 1.82) is 0 Å². The fraction of sp³-hybridized carbons (Fsp3) is 0.800. The van der Waals surface area contributed by atoms with Crippen LogP contribution < -0.4 is 0 Å². The molecule has 20 heavy (non-hydrogen) atoms. The Bertz CT molecular complexity index is 433. The van der Waals surface area contributed by atoms with Crippen LogP contribution >= 0.6 is 0 Å². The fourth-order valence-electron chi connectivity index (χ4n) is 5.99. The van der Waals surface area contributed by atoms with Gasteiger partial charge in [-0.05, 0) is 79.4 Å². The van der Waals surface area contributed by atoms with Gasteiger partial charge in [-0.3, -0.25) is 0 Å². The van der Waals surface area contributed by atoms with E-state index in [1.807, 2.05) is 0 Å². The summed E-state index contributed by atoms with van der Waals surface area (Å²) < 4.78 is 0. The first-order valence-electron chi connectivity index (χ1n) is 8.66. The summed E-state index contributed by atoms with van der Waals surface area (Å²) in [7, 11) is 0. The first-order chi connectivity index (χ1) is 9.34. The molecule has 0 spiro atoms. The van der Waals surface area contributed by atoms with Gasteiger partial charge in [0.15, 0.2) is 0 Å². The summed E-state index contributed by atoms with van der Waals surface area (Å²) in [5.74, 6) is 1.78. The van der Waals surface area contributed by atoms with Gasteiger partial charge >= 0.3 is 0 Å². The average Bonchev–Trinajstić information content (AvgIpc) is 2.43. The second-order valence-electron chi connectivity index (χ2n) is 8.77. The van der Waals surface area contributed by atoms with Crippen molar-refractivity contribution >= 4 is 0 Å². The Kier molecular flexibility index (Phi) is 3.23. The van der Waals surface area contributed by atoms with Crippen molar-refractivity contribution in [3.63, 3.8) is 0 Å². The molecule has 0 aromatic rings. The molecule has 3 aliphatic rings. The number of rotatable bonds is 1. The van der Waals surface area contributed by atoms with E-state index in [-0.39, 0.29) is 0 Å². The predicted molar refractivity (Wildman–Crippen MR) is 87.6 cm³/mol. The molecule has 0 amide bonds. The fourth-order valence-corrected chi connectivity index (χ4v) is 5.99. The smallest absolute Gasteiger partial charge is 0.00854 e. The van der Waals surface area contributed by atoms with Gasteiger partial charge in [0.25, 0.3) is 0 Å². The van der Waals surface area contributed by atoms with Crippen LogP contribution in [0.1, 0.15) is 72.1 Å². The first kappa shape index (κ1) is 14.4. The van der Waals surface area contributed by atoms with Crippen molar-refractivity contribution in [3.05, 3.63) is 24.8 Å². The quantitative estimate of drug-likeness (QED) is 0.503. The molecule has 0 heterocycles. The highest BCUT2D eigenvalue weighted by molar-refractivity contribution is 5.20. The van der Waals surface area contributed by atoms with E-state index in [2.05, 4.69) is 40.0 Å². The SMILES string of the molecule is C=C[C@]1(C)CC[C@@]2(C)C3CCCC(=C)[C@@]3(C)CC[C@@H]2C1. The van der Waals surface area contributed by atoms with E-state index in [0.29, 0.717) is 16.2 Å². The zero-order chi connectivity index (χ0) is 14.6. The lowest BCUT2D eigenvalue weighted by molar-refractivity contribution is -0.0979. The molecule has 0 radical (unpaired) electrons. The van der Waals surface area contributed by atoms with Gasteiger partial charge in [0.05, 0.1) is 0 Å². The molecule has 0 aromatic carbocycles. The van der Waals surface area contributed by atoms with E-state index in [0.717, 1.165) is 11.8 Å². The highest BCUT2D eigenvalue weighted by Gasteiger charge is 2.57. The van der Waals surface area contributed by atoms with Gasteiger partial charge in [0.1, 0.15) is 0 Å². The second-order valence-corrected chi connectivity index (χ2v) is 8.77. The van der Waals surface area contributed by atoms with Crippen LogP contribution in [0.4, 0.5) is 0 Å². The first-order valence-corrected chi connectivity index (χ1v) is 8.66. The molecule has 0 aliphatic heterocycles. The van der Waals surface area contributed by atoms with Crippen LogP contribution in [-0.4, -0.2) is 0 Å². The molecule has 3 saturated carbocycles. The maximum absolute atomic E-state index is 4.47. The van der Waals surface area contributed by atoms with Crippen LogP contribution in [0.15, 0.2) is 24.8 Å². The Labute approximate surface area is 125 Å². The maximum Gasteiger partial charge on any atom is -0.00854 e. The van der Waals surface area contributed by atoms with Crippen molar-refractivity contribution in [2.24, 2.45) is 28.1 Å². The number of fused-ring (bicyclic) bond motifs is 3. The molecule has 3 fully saturated rings. The Morgan fingerprint density at radius 2 is 1.85 bits per heavy atom. The second kappa shape index (κ2) is 4.49. The van der Waals surface area contributed by atoms with Crippen molar-refractivity contribution in [2.45, 2.75) is 72.1 Å². The lowest BCUT2D eigenvalue weighted by atomic mass is 9.42. The summed E-state index contributed by atoms with van der Waals surface area (Å²) in [6, 6.07) is 0. The third-order valence-corrected chi connectivity index (χ3v) is 7.73. The van der Waals surface area contributed by atoms with Gasteiger partial charge < -0.3 is 0 Å². The van der Waals surface area contributed by atoms with E-state index in [1.54, 1.807) is 5.57 Å². The van der Waals surface area contributed by atoms with Crippen LogP contribution in [0.5, 0.6) is 0 Å². The largest absolute Gasteiger partial charge is 0.103 e. The topological polar surface area (TPSA) is 0 Å². The highest BCUT2D eigenvalue weighted by atomic mass is 14.6. The number of hydrogen-bond acceptors (Lipinski definition) is 0. The van der Waals surface area contributed by atoms with Crippen molar-refractivity contribution < 1.29 is 0 Å². The molecule has 0 aromatic heterocycles. The third kappa shape index (κ3) is 1.86. The molecule has 3 aliphatic carbocycles. The lowest BCUT2D eigenvalue weighted by Gasteiger charge is -2.62. The summed E-state index contributed by atoms with van der Waals surface area (Å²) in [4.78, 5) is 0. The van der Waals surface area contributed by atoms with E-state index < -0.39 is 0 Å². The zero-order valence-corrected chi connectivity index (χ0v) is 13.8. The molecule has 3 rings (SSSR count). The lowest BCUT2D eigenvalue weighted by Crippen LogP contribution is -2.53. The molecule has 0 nitrogen and oxygen atoms in total. The Balaban J connectivity index is 1.92. The van der Waals surface area contributed by atoms with E-state index in [1.165, 1.54) is 51.4 Å². The molecular formula is C20H32. The molecule has 0 N–H and O–H groups in total. The van der Waals surface area contributed by atoms with Crippen LogP contribution in [0, 0.1) is 28.1 Å². The van der Waals surface area contributed by atoms with Crippen LogP contribution in [0.25, 0.3) is 0 Å². The Morgan fingerprint density at radius 3 is 2.55 bits per heavy atom. The molecule has 0 bridgehead atoms. The summed E-state index contributed by atoms with van der Waals surface area (Å²) >= 11 is 0. The van der Waals surface area contributed by atoms with Crippen LogP contribution in [0.3, 0.4) is 0 Å². The van der Waals surface area contributed by atoms with E-state index in [4.69, 9.17) is 0 Å². The van der Waals surface area contributed by atoms with Gasteiger partial charge in [-0.15, -0.1) is 6.58 Å². The summed E-state index contributed by atoms with van der Waals surface area (Å²) in [6.07, 6.45) is 13.2. The van der Waals surface area contributed by atoms with Crippen molar-refractivity contribution in [3.8, 4) is 0 Å². The van der Waals surface area contributed by atoms with Crippen LogP contribution in [0.2, 0.25) is 0 Å². The van der Waals surface area contributed by atoms with Crippen molar-refractivity contribution in [2.75, 3.05) is 0 Å². The summed E-state index contributed by atoms with van der Waals surface area (Å²) in [5.41, 5.74) is 2.94. The predicted octanol–water partition coefficient (Wildman–Crippen LogP) is 6.14. The van der Waals surface area contributed by atoms with Gasteiger partial charge in [-0.2, -0.15) is 0 Å². The van der Waals surface area contributed by atoms with E-state index >= 15 is 0 Å². The molecule has 112 valence electrons. The minimum atomic E-state index is 0.392. The minimum absolute atomic E-state index is 0.392. The Hall–Kier alpha value is -0.520. The molecule has 5 atom stereocenters. The Morgan fingerprint density at radius 1 is 1.10 bits per heavy atom. The summed E-state index contributed by atoms with van der Waals surface area (Å²) in [6.45, 7) is 16.1. The normalized spacial score (nSPS) is 52.0. The zero-order valence-electron chi connectivity index (χ0n) is 13.8.